The van der Waals surface area contributed by atoms with E-state index in [0.717, 1.165) is 11.6 Å². The van der Waals surface area contributed by atoms with Gasteiger partial charge in [-0.15, -0.1) is 0 Å². The quantitative estimate of drug-likeness (QED) is 0.611. The average molecular weight is 417 g/mol. The molecule has 0 aliphatic carbocycles. The summed E-state index contributed by atoms with van der Waals surface area (Å²) in [7, 11) is -3.60. The van der Waals surface area contributed by atoms with E-state index in [4.69, 9.17) is 0 Å². The Bertz CT molecular complexity index is 1100. The fourth-order valence-electron chi connectivity index (χ4n) is 3.44. The highest BCUT2D eigenvalue weighted by atomic mass is 32.2. The molecule has 0 aromatic carbocycles. The van der Waals surface area contributed by atoms with Gasteiger partial charge in [0.05, 0.1) is 0 Å². The van der Waals surface area contributed by atoms with Crippen LogP contribution in [0.5, 0.6) is 0 Å². The molecule has 0 amide bonds. The number of aromatic nitrogens is 6. The average Bonchev–Trinajstić information content (AvgIpc) is 3.37. The highest BCUT2D eigenvalue weighted by molar-refractivity contribution is 7.89. The molecule has 0 atom stereocenters. The number of imidazole rings is 2. The van der Waals surface area contributed by atoms with Gasteiger partial charge in [0, 0.05) is 57.4 Å². The minimum Gasteiger partial charge on any atom is -0.354 e. The van der Waals surface area contributed by atoms with E-state index >= 15 is 0 Å². The first-order valence-electron chi connectivity index (χ1n) is 9.51. The van der Waals surface area contributed by atoms with Crippen molar-refractivity contribution in [3.63, 3.8) is 0 Å². The molecule has 0 bridgehead atoms. The van der Waals surface area contributed by atoms with Crippen LogP contribution < -0.4 is 4.90 Å². The van der Waals surface area contributed by atoms with Crippen LogP contribution in [0.4, 0.5) is 5.82 Å². The molecule has 1 aliphatic heterocycles. The molecule has 1 fully saturated rings. The molecule has 11 heteroatoms. The first-order chi connectivity index (χ1) is 13.9. The van der Waals surface area contributed by atoms with Crippen LogP contribution in [0, 0.1) is 13.8 Å². The Morgan fingerprint density at radius 2 is 1.76 bits per heavy atom. The lowest BCUT2D eigenvalue weighted by Crippen LogP contribution is -2.49. The fraction of sp³-hybridized carbons (Fsp3) is 0.444. The van der Waals surface area contributed by atoms with E-state index in [1.807, 2.05) is 42.2 Å². The predicted octanol–water partition coefficient (Wildman–Crippen LogP) is 1.01. The molecular weight excluding hydrogens is 392 g/mol. The van der Waals surface area contributed by atoms with Crippen LogP contribution in [0.2, 0.25) is 0 Å². The lowest BCUT2D eigenvalue weighted by atomic mass is 10.3. The molecule has 0 unspecified atom stereocenters. The summed E-state index contributed by atoms with van der Waals surface area (Å²) in [5.74, 6) is 2.88. The Hall–Kier alpha value is -2.79. The number of sulfonamides is 1. The van der Waals surface area contributed by atoms with Crippen LogP contribution in [-0.4, -0.2) is 68.0 Å². The normalized spacial score (nSPS) is 15.8. The lowest BCUT2D eigenvalue weighted by molar-refractivity contribution is 0.382. The summed E-state index contributed by atoms with van der Waals surface area (Å²) in [6.45, 7) is 8.17. The summed E-state index contributed by atoms with van der Waals surface area (Å²) in [4.78, 5) is 19.4. The summed E-state index contributed by atoms with van der Waals surface area (Å²) < 4.78 is 31.1. The third-order valence-electron chi connectivity index (χ3n) is 5.04. The second-order valence-corrected chi connectivity index (χ2v) is 8.79. The SMILES string of the molecule is CCn1cc(S(=O)(=O)N2CCN(c3cc(-n4ccnc4)nc(C)n3)CC2)nc1C. The Morgan fingerprint density at radius 1 is 1.03 bits per heavy atom. The molecular formula is C18H24N8O2S. The van der Waals surface area contributed by atoms with Gasteiger partial charge in [-0.05, 0) is 20.8 Å². The van der Waals surface area contributed by atoms with Crippen LogP contribution >= 0.6 is 0 Å². The molecule has 29 heavy (non-hydrogen) atoms. The standard InChI is InChI=1S/C18H24N8O2S/c1-4-23-12-18(22-15(23)3)29(27,28)26-9-7-24(8-10-26)16-11-17(21-14(2)20-16)25-6-5-19-13-25/h5-6,11-13H,4,7-10H2,1-3H3. The van der Waals surface area contributed by atoms with Crippen molar-refractivity contribution in [1.82, 2.24) is 33.4 Å². The van der Waals surface area contributed by atoms with Crippen LogP contribution in [0.1, 0.15) is 18.6 Å². The minimum absolute atomic E-state index is 0.116. The molecule has 0 radical (unpaired) electrons. The molecule has 4 rings (SSSR count). The molecule has 0 saturated carbocycles. The van der Waals surface area contributed by atoms with E-state index in [1.165, 1.54) is 4.31 Å². The molecule has 0 N–H and O–H groups in total. The lowest BCUT2D eigenvalue weighted by Gasteiger charge is -2.34. The number of hydrogen-bond donors (Lipinski definition) is 0. The first-order valence-corrected chi connectivity index (χ1v) is 11.0. The molecule has 1 saturated heterocycles. The molecule has 154 valence electrons. The minimum atomic E-state index is -3.60. The molecule has 1 aliphatic rings. The molecule has 3 aromatic heterocycles. The van der Waals surface area contributed by atoms with Gasteiger partial charge in [-0.1, -0.05) is 0 Å². The van der Waals surface area contributed by atoms with E-state index in [0.29, 0.717) is 44.4 Å². The number of hydrogen-bond acceptors (Lipinski definition) is 7. The van der Waals surface area contributed by atoms with Gasteiger partial charge in [-0.2, -0.15) is 4.31 Å². The molecule has 10 nitrogen and oxygen atoms in total. The number of aryl methyl sites for hydroxylation is 3. The fourth-order valence-corrected chi connectivity index (χ4v) is 4.86. The second-order valence-electron chi connectivity index (χ2n) is 6.91. The van der Waals surface area contributed by atoms with Gasteiger partial charge >= 0.3 is 0 Å². The van der Waals surface area contributed by atoms with Crippen molar-refractivity contribution in [3.05, 3.63) is 42.6 Å². The smallest absolute Gasteiger partial charge is 0.262 e. The van der Waals surface area contributed by atoms with Crippen molar-refractivity contribution < 1.29 is 8.42 Å². The Balaban J connectivity index is 1.51. The summed E-state index contributed by atoms with van der Waals surface area (Å²) in [6.07, 6.45) is 6.82. The van der Waals surface area contributed by atoms with Gasteiger partial charge in [-0.3, -0.25) is 4.57 Å². The van der Waals surface area contributed by atoms with Crippen molar-refractivity contribution in [2.45, 2.75) is 32.3 Å². The number of rotatable bonds is 5. The van der Waals surface area contributed by atoms with E-state index in [1.54, 1.807) is 18.7 Å². The number of nitrogens with zero attached hydrogens (tertiary/aromatic N) is 8. The topological polar surface area (TPSA) is 102 Å². The van der Waals surface area contributed by atoms with Gasteiger partial charge in [0.25, 0.3) is 10.0 Å². The van der Waals surface area contributed by atoms with E-state index < -0.39 is 10.0 Å². The van der Waals surface area contributed by atoms with Crippen LogP contribution in [0.15, 0.2) is 36.0 Å². The maximum Gasteiger partial charge on any atom is 0.262 e. The van der Waals surface area contributed by atoms with Crippen LogP contribution in [0.3, 0.4) is 0 Å². The van der Waals surface area contributed by atoms with Gasteiger partial charge < -0.3 is 9.47 Å². The summed E-state index contributed by atoms with van der Waals surface area (Å²) in [5.41, 5.74) is 0. The van der Waals surface area contributed by atoms with E-state index in [9.17, 15) is 8.42 Å². The maximum atomic E-state index is 13.0. The number of piperazine rings is 1. The van der Waals surface area contributed by atoms with Crippen molar-refractivity contribution in [3.8, 4) is 5.82 Å². The van der Waals surface area contributed by atoms with E-state index in [-0.39, 0.29) is 5.03 Å². The Morgan fingerprint density at radius 3 is 2.38 bits per heavy atom. The van der Waals surface area contributed by atoms with Crippen molar-refractivity contribution in [1.29, 1.82) is 0 Å². The van der Waals surface area contributed by atoms with Gasteiger partial charge in [0.1, 0.15) is 29.6 Å². The predicted molar refractivity (Wildman–Crippen MR) is 108 cm³/mol. The third kappa shape index (κ3) is 3.75. The van der Waals surface area contributed by atoms with Crippen molar-refractivity contribution >= 4 is 15.8 Å². The maximum absolute atomic E-state index is 13.0. The van der Waals surface area contributed by atoms with Gasteiger partial charge in [0.2, 0.25) is 0 Å². The highest BCUT2D eigenvalue weighted by Crippen LogP contribution is 2.21. The third-order valence-corrected chi connectivity index (χ3v) is 6.81. The number of anilines is 1. The second kappa shape index (κ2) is 7.56. The van der Waals surface area contributed by atoms with Crippen molar-refractivity contribution in [2.75, 3.05) is 31.1 Å². The van der Waals surface area contributed by atoms with Gasteiger partial charge in [0.15, 0.2) is 5.03 Å². The zero-order chi connectivity index (χ0) is 20.6. The van der Waals surface area contributed by atoms with E-state index in [2.05, 4.69) is 24.8 Å². The molecule has 4 heterocycles. The largest absolute Gasteiger partial charge is 0.354 e. The zero-order valence-electron chi connectivity index (χ0n) is 16.7. The summed E-state index contributed by atoms with van der Waals surface area (Å²) in [5, 5.41) is 0.116. The molecule has 0 spiro atoms. The Kier molecular flexibility index (Phi) is 5.09. The first kappa shape index (κ1) is 19.5. The monoisotopic (exact) mass is 416 g/mol. The molecule has 3 aromatic rings. The highest BCUT2D eigenvalue weighted by Gasteiger charge is 2.31. The van der Waals surface area contributed by atoms with Gasteiger partial charge in [-0.25, -0.2) is 28.4 Å². The summed E-state index contributed by atoms with van der Waals surface area (Å²) >= 11 is 0. The Labute approximate surface area is 169 Å². The van der Waals surface area contributed by atoms with Crippen LogP contribution in [-0.2, 0) is 16.6 Å². The van der Waals surface area contributed by atoms with Crippen LogP contribution in [0.25, 0.3) is 5.82 Å². The van der Waals surface area contributed by atoms with Crippen molar-refractivity contribution in [2.24, 2.45) is 0 Å². The zero-order valence-corrected chi connectivity index (χ0v) is 17.5. The summed E-state index contributed by atoms with van der Waals surface area (Å²) in [6, 6.07) is 1.89.